The van der Waals surface area contributed by atoms with Gasteiger partial charge in [-0.1, -0.05) is 0 Å². The van der Waals surface area contributed by atoms with Crippen molar-refractivity contribution >= 4 is 49.8 Å². The van der Waals surface area contributed by atoms with Gasteiger partial charge in [0.15, 0.2) is 9.84 Å². The molecule has 0 aliphatic carbocycles. The predicted molar refractivity (Wildman–Crippen MR) is 101 cm³/mol. The first kappa shape index (κ1) is 20.4. The maximum atomic E-state index is 12.4. The molecular formula is C16H17N3O6S2. The van der Waals surface area contributed by atoms with Crippen molar-refractivity contribution in [3.63, 3.8) is 0 Å². The molecule has 0 radical (unpaired) electrons. The number of rotatable bonds is 5. The zero-order valence-corrected chi connectivity index (χ0v) is 16.1. The van der Waals surface area contributed by atoms with E-state index >= 15 is 0 Å². The van der Waals surface area contributed by atoms with Gasteiger partial charge in [-0.25, -0.2) is 13.2 Å². The van der Waals surface area contributed by atoms with Crippen molar-refractivity contribution in [3.8, 4) is 0 Å². The van der Waals surface area contributed by atoms with Gasteiger partial charge in [0.25, 0.3) is 11.8 Å². The summed E-state index contributed by atoms with van der Waals surface area (Å²) in [4.78, 5) is 35.8. The minimum atomic E-state index is -3.51. The molecule has 11 heteroatoms. The number of carbonyl (C=O) groups excluding carboxylic acids is 3. The molecule has 4 N–H and O–H groups in total. The lowest BCUT2D eigenvalue weighted by Gasteiger charge is -2.09. The number of anilines is 2. The summed E-state index contributed by atoms with van der Waals surface area (Å²) >= 11 is 1.08. The van der Waals surface area contributed by atoms with Crippen LogP contribution in [0.15, 0.2) is 34.5 Å². The molecule has 3 amide bonds. The summed E-state index contributed by atoms with van der Waals surface area (Å²) in [5, 5.41) is 6.36. The molecule has 0 bridgehead atoms. The van der Waals surface area contributed by atoms with E-state index in [0.717, 1.165) is 17.6 Å². The Balaban J connectivity index is 2.18. The van der Waals surface area contributed by atoms with E-state index in [1.54, 1.807) is 12.3 Å². The Morgan fingerprint density at radius 3 is 2.48 bits per heavy atom. The third-order valence-corrected chi connectivity index (χ3v) is 5.30. The molecular weight excluding hydrogens is 394 g/mol. The molecule has 0 unspecified atom stereocenters. The quantitative estimate of drug-likeness (QED) is 0.637. The summed E-state index contributed by atoms with van der Waals surface area (Å²) in [6.45, 7) is 1.71. The number of amides is 3. The van der Waals surface area contributed by atoms with E-state index in [2.05, 4.69) is 10.1 Å². The maximum Gasteiger partial charge on any atom is 0.414 e. The smallest absolute Gasteiger partial charge is 0.414 e. The second-order valence-corrected chi connectivity index (χ2v) is 8.22. The minimum Gasteiger partial charge on any atom is -0.450 e. The van der Waals surface area contributed by atoms with Crippen LogP contribution in [0, 0.1) is 0 Å². The van der Waals surface area contributed by atoms with Crippen LogP contribution in [0.1, 0.15) is 27.6 Å². The monoisotopic (exact) mass is 411 g/mol. The molecule has 0 saturated heterocycles. The van der Waals surface area contributed by atoms with Crippen LogP contribution >= 0.6 is 11.3 Å². The number of benzene rings is 1. The maximum absolute atomic E-state index is 12.4. The standard InChI is InChI=1S/C16H17N3O6S2/c1-3-25-16(22)19-14(21)10-6-7-26-15(10)18-13(20)9-4-5-12(11(17)8-9)27(2,23)24/h4-8H,3,17H2,1-2H3,(H,18,20)(H,19,21,22). The summed E-state index contributed by atoms with van der Waals surface area (Å²) < 4.78 is 27.8. The lowest BCUT2D eigenvalue weighted by Crippen LogP contribution is -2.31. The van der Waals surface area contributed by atoms with Crippen LogP contribution in [-0.4, -0.2) is 39.2 Å². The average molecular weight is 411 g/mol. The second kappa shape index (κ2) is 8.18. The molecule has 0 aliphatic rings. The Morgan fingerprint density at radius 2 is 1.89 bits per heavy atom. The first-order chi connectivity index (χ1) is 12.6. The van der Waals surface area contributed by atoms with Gasteiger partial charge in [-0.2, -0.15) is 0 Å². The first-order valence-electron chi connectivity index (χ1n) is 7.60. The van der Waals surface area contributed by atoms with Gasteiger partial charge in [-0.15, -0.1) is 11.3 Å². The van der Waals surface area contributed by atoms with Gasteiger partial charge >= 0.3 is 6.09 Å². The number of nitrogens with one attached hydrogen (secondary N) is 2. The first-order valence-corrected chi connectivity index (χ1v) is 10.4. The van der Waals surface area contributed by atoms with Crippen molar-refractivity contribution < 1.29 is 27.5 Å². The van der Waals surface area contributed by atoms with Crippen molar-refractivity contribution in [2.75, 3.05) is 23.9 Å². The van der Waals surface area contributed by atoms with Crippen molar-refractivity contribution in [1.82, 2.24) is 5.32 Å². The molecule has 0 fully saturated rings. The van der Waals surface area contributed by atoms with Crippen molar-refractivity contribution in [1.29, 1.82) is 0 Å². The van der Waals surface area contributed by atoms with Crippen LogP contribution in [0.4, 0.5) is 15.5 Å². The highest BCUT2D eigenvalue weighted by molar-refractivity contribution is 7.90. The number of hydrogen-bond acceptors (Lipinski definition) is 8. The molecule has 144 valence electrons. The fraction of sp³-hybridized carbons (Fsp3) is 0.188. The number of hydrogen-bond donors (Lipinski definition) is 3. The minimum absolute atomic E-state index is 0.0587. The van der Waals surface area contributed by atoms with Crippen LogP contribution in [0.3, 0.4) is 0 Å². The van der Waals surface area contributed by atoms with E-state index in [4.69, 9.17) is 5.73 Å². The average Bonchev–Trinajstić information content (AvgIpc) is 3.01. The largest absolute Gasteiger partial charge is 0.450 e. The molecule has 1 aromatic carbocycles. The van der Waals surface area contributed by atoms with Crippen LogP contribution in [0.5, 0.6) is 0 Å². The molecule has 0 atom stereocenters. The van der Waals surface area contributed by atoms with Gasteiger partial charge in [0.1, 0.15) is 5.00 Å². The predicted octanol–water partition coefficient (Wildman–Crippen LogP) is 1.87. The molecule has 1 heterocycles. The van der Waals surface area contributed by atoms with Crippen LogP contribution in [0.25, 0.3) is 0 Å². The molecule has 0 spiro atoms. The van der Waals surface area contributed by atoms with E-state index in [1.165, 1.54) is 24.3 Å². The van der Waals surface area contributed by atoms with Crippen molar-refractivity contribution in [2.24, 2.45) is 0 Å². The number of thiophene rings is 1. The highest BCUT2D eigenvalue weighted by atomic mass is 32.2. The van der Waals surface area contributed by atoms with Crippen LogP contribution in [-0.2, 0) is 14.6 Å². The zero-order valence-electron chi connectivity index (χ0n) is 14.4. The molecule has 9 nitrogen and oxygen atoms in total. The number of carbonyl (C=O) groups is 3. The lowest BCUT2D eigenvalue weighted by molar-refractivity contribution is 0.0926. The Morgan fingerprint density at radius 1 is 1.19 bits per heavy atom. The Labute approximate surface area is 159 Å². The van der Waals surface area contributed by atoms with E-state index in [-0.39, 0.29) is 33.3 Å². The fourth-order valence-electron chi connectivity index (χ4n) is 2.11. The van der Waals surface area contributed by atoms with Crippen molar-refractivity contribution in [2.45, 2.75) is 11.8 Å². The molecule has 27 heavy (non-hydrogen) atoms. The summed E-state index contributed by atoms with van der Waals surface area (Å²) in [7, 11) is -3.51. The summed E-state index contributed by atoms with van der Waals surface area (Å²) in [5.41, 5.74) is 5.85. The number of alkyl carbamates (subject to hydrolysis) is 1. The number of nitrogen functional groups attached to an aromatic ring is 1. The summed E-state index contributed by atoms with van der Waals surface area (Å²) in [5.74, 6) is -1.31. The normalized spacial score (nSPS) is 10.9. The Hall–Kier alpha value is -2.92. The highest BCUT2D eigenvalue weighted by Crippen LogP contribution is 2.25. The van der Waals surface area contributed by atoms with E-state index in [1.807, 2.05) is 5.32 Å². The topological polar surface area (TPSA) is 145 Å². The summed E-state index contributed by atoms with van der Waals surface area (Å²) in [6.07, 6.45) is 0.119. The van der Waals surface area contributed by atoms with Gasteiger partial charge in [-0.3, -0.25) is 14.9 Å². The third kappa shape index (κ3) is 5.05. The molecule has 2 aromatic rings. The lowest BCUT2D eigenvalue weighted by atomic mass is 10.2. The fourth-order valence-corrected chi connectivity index (χ4v) is 3.70. The molecule has 2 rings (SSSR count). The SMILES string of the molecule is CCOC(=O)NC(=O)c1ccsc1NC(=O)c1ccc(S(C)(=O)=O)c(N)c1. The van der Waals surface area contributed by atoms with Crippen LogP contribution in [0.2, 0.25) is 0 Å². The third-order valence-electron chi connectivity index (χ3n) is 3.30. The van der Waals surface area contributed by atoms with Gasteiger partial charge < -0.3 is 15.8 Å². The number of ether oxygens (including phenoxy) is 1. The Bertz CT molecular complexity index is 997. The van der Waals surface area contributed by atoms with Gasteiger partial charge in [0.2, 0.25) is 0 Å². The van der Waals surface area contributed by atoms with Crippen molar-refractivity contribution in [3.05, 3.63) is 40.8 Å². The Kier molecular flexibility index (Phi) is 6.18. The van der Waals surface area contributed by atoms with E-state index in [9.17, 15) is 22.8 Å². The van der Waals surface area contributed by atoms with Crippen LogP contribution < -0.4 is 16.4 Å². The number of sulfone groups is 1. The molecule has 0 aliphatic heterocycles. The van der Waals surface area contributed by atoms with Gasteiger partial charge in [0.05, 0.1) is 22.8 Å². The number of nitrogens with two attached hydrogens (primary N) is 1. The zero-order chi connectivity index (χ0) is 20.2. The highest BCUT2D eigenvalue weighted by Gasteiger charge is 2.19. The van der Waals surface area contributed by atoms with Gasteiger partial charge in [0, 0.05) is 11.8 Å². The molecule has 1 aromatic heterocycles. The number of imide groups is 1. The van der Waals surface area contributed by atoms with Gasteiger partial charge in [-0.05, 0) is 36.6 Å². The molecule has 0 saturated carbocycles. The second-order valence-electron chi connectivity index (χ2n) is 5.32. The van der Waals surface area contributed by atoms with E-state index < -0.39 is 27.7 Å². The van der Waals surface area contributed by atoms with E-state index in [0.29, 0.717) is 0 Å². The summed E-state index contributed by atoms with van der Waals surface area (Å²) in [6, 6.07) is 5.23.